The highest BCUT2D eigenvalue weighted by atomic mass is 16.4. The summed E-state index contributed by atoms with van der Waals surface area (Å²) < 4.78 is 0. The van der Waals surface area contributed by atoms with Crippen LogP contribution in [0.5, 0.6) is 0 Å². The Morgan fingerprint density at radius 3 is 1.49 bits per heavy atom. The standard InChI is InChI=1S/C28H35N5O4/c1-17-8-6-10-25(31-17)29-12-22-19(3)23(13-30-26-11-7-9-18(2)32-26)21(5)24(20(22)4)14-33(15-27(34)35)16-28(36)37/h6-11H,12-16H2,1-5H3,(H,29,31)(H,30,32)(H,34,35)(H,36,37)/p-2. The van der Waals surface area contributed by atoms with Gasteiger partial charge in [0.2, 0.25) is 0 Å². The van der Waals surface area contributed by atoms with E-state index < -0.39 is 25.0 Å². The summed E-state index contributed by atoms with van der Waals surface area (Å²) in [5.74, 6) is -1.19. The normalized spacial score (nSPS) is 11.0. The zero-order valence-electron chi connectivity index (χ0n) is 22.0. The molecule has 0 spiro atoms. The third-order valence-corrected chi connectivity index (χ3v) is 6.47. The molecule has 0 bridgehead atoms. The number of carboxylic acid groups (broad SMARTS) is 2. The number of carbonyl (C=O) groups is 2. The topological polar surface area (TPSA) is 133 Å². The van der Waals surface area contributed by atoms with Gasteiger partial charge in [-0.15, -0.1) is 0 Å². The Balaban J connectivity index is 2.02. The number of hydrogen-bond donors (Lipinski definition) is 2. The quantitative estimate of drug-likeness (QED) is 0.377. The fraction of sp³-hybridized carbons (Fsp3) is 0.357. The van der Waals surface area contributed by atoms with E-state index in [0.717, 1.165) is 56.4 Å². The van der Waals surface area contributed by atoms with Crippen LogP contribution in [0.15, 0.2) is 36.4 Å². The summed E-state index contributed by atoms with van der Waals surface area (Å²) >= 11 is 0. The fourth-order valence-electron chi connectivity index (χ4n) is 4.56. The number of aryl methyl sites for hydroxylation is 2. The first kappa shape index (κ1) is 27.6. The molecule has 0 aliphatic heterocycles. The number of aliphatic carboxylic acids is 2. The van der Waals surface area contributed by atoms with Gasteiger partial charge in [-0.05, 0) is 92.3 Å². The van der Waals surface area contributed by atoms with E-state index in [1.165, 1.54) is 4.90 Å². The van der Waals surface area contributed by atoms with Crippen molar-refractivity contribution in [1.29, 1.82) is 0 Å². The van der Waals surface area contributed by atoms with Crippen LogP contribution in [0.2, 0.25) is 0 Å². The van der Waals surface area contributed by atoms with Crippen LogP contribution in [0.1, 0.15) is 44.8 Å². The van der Waals surface area contributed by atoms with Gasteiger partial charge in [-0.1, -0.05) is 12.1 Å². The minimum Gasteiger partial charge on any atom is -0.549 e. The smallest absolute Gasteiger partial charge is 0.126 e. The van der Waals surface area contributed by atoms with Gasteiger partial charge in [0.15, 0.2) is 0 Å². The van der Waals surface area contributed by atoms with E-state index in [0.29, 0.717) is 13.1 Å². The largest absolute Gasteiger partial charge is 0.549 e. The highest BCUT2D eigenvalue weighted by Gasteiger charge is 2.20. The number of carbonyl (C=O) groups excluding carboxylic acids is 2. The van der Waals surface area contributed by atoms with E-state index >= 15 is 0 Å². The van der Waals surface area contributed by atoms with E-state index in [-0.39, 0.29) is 6.54 Å². The van der Waals surface area contributed by atoms with Crippen LogP contribution in [-0.4, -0.2) is 39.9 Å². The van der Waals surface area contributed by atoms with Crippen molar-refractivity contribution >= 4 is 23.6 Å². The van der Waals surface area contributed by atoms with Gasteiger partial charge in [0, 0.05) is 44.1 Å². The highest BCUT2D eigenvalue weighted by Crippen LogP contribution is 2.30. The number of benzene rings is 1. The average Bonchev–Trinajstić information content (AvgIpc) is 2.81. The lowest BCUT2D eigenvalue weighted by atomic mass is 9.87. The summed E-state index contributed by atoms with van der Waals surface area (Å²) in [6.45, 7) is 9.98. The van der Waals surface area contributed by atoms with E-state index in [4.69, 9.17) is 0 Å². The third kappa shape index (κ3) is 7.50. The van der Waals surface area contributed by atoms with Gasteiger partial charge in [0.25, 0.3) is 0 Å². The molecule has 9 nitrogen and oxygen atoms in total. The van der Waals surface area contributed by atoms with Crippen LogP contribution in [-0.2, 0) is 29.2 Å². The van der Waals surface area contributed by atoms with Crippen molar-refractivity contribution in [1.82, 2.24) is 14.9 Å². The van der Waals surface area contributed by atoms with E-state index in [9.17, 15) is 19.8 Å². The number of nitrogens with one attached hydrogen (secondary N) is 2. The molecule has 37 heavy (non-hydrogen) atoms. The second-order valence-electron chi connectivity index (χ2n) is 9.24. The summed E-state index contributed by atoms with van der Waals surface area (Å²) in [5.41, 5.74) is 7.78. The molecule has 0 radical (unpaired) electrons. The van der Waals surface area contributed by atoms with Crippen LogP contribution in [0, 0.1) is 34.6 Å². The van der Waals surface area contributed by atoms with Crippen molar-refractivity contribution in [3.63, 3.8) is 0 Å². The van der Waals surface area contributed by atoms with Gasteiger partial charge in [-0.3, -0.25) is 4.90 Å². The number of aromatic nitrogens is 2. The van der Waals surface area contributed by atoms with Crippen LogP contribution < -0.4 is 20.8 Å². The molecule has 1 aromatic carbocycles. The molecule has 9 heteroatoms. The molecule has 0 saturated heterocycles. The van der Waals surface area contributed by atoms with Crippen molar-refractivity contribution in [3.05, 3.63) is 81.2 Å². The third-order valence-electron chi connectivity index (χ3n) is 6.47. The molecule has 0 aliphatic rings. The maximum Gasteiger partial charge on any atom is 0.126 e. The minimum atomic E-state index is -1.34. The number of carboxylic acids is 2. The van der Waals surface area contributed by atoms with Crippen molar-refractivity contribution in [2.24, 2.45) is 0 Å². The molecule has 2 N–H and O–H groups in total. The summed E-state index contributed by atoms with van der Waals surface area (Å²) in [4.78, 5) is 33.0. The Morgan fingerprint density at radius 2 is 1.11 bits per heavy atom. The molecule has 2 aromatic heterocycles. The molecule has 3 aromatic rings. The predicted molar refractivity (Wildman–Crippen MR) is 139 cm³/mol. The summed E-state index contributed by atoms with van der Waals surface area (Å²) in [5, 5.41) is 29.4. The molecular weight excluding hydrogens is 470 g/mol. The van der Waals surface area contributed by atoms with Gasteiger partial charge in [-0.25, -0.2) is 9.97 Å². The number of hydrogen-bond acceptors (Lipinski definition) is 9. The number of rotatable bonds is 12. The van der Waals surface area contributed by atoms with Gasteiger partial charge in [0.05, 0.1) is 11.9 Å². The fourth-order valence-corrected chi connectivity index (χ4v) is 4.56. The van der Waals surface area contributed by atoms with Crippen LogP contribution in [0.4, 0.5) is 11.6 Å². The molecule has 0 saturated carbocycles. The molecule has 0 unspecified atom stereocenters. The second-order valence-corrected chi connectivity index (χ2v) is 9.24. The summed E-state index contributed by atoms with van der Waals surface area (Å²) in [6.07, 6.45) is 0. The van der Waals surface area contributed by atoms with Gasteiger partial charge in [-0.2, -0.15) is 0 Å². The number of anilines is 2. The summed E-state index contributed by atoms with van der Waals surface area (Å²) in [6, 6.07) is 11.5. The second kappa shape index (κ2) is 12.3. The Kier molecular flexibility index (Phi) is 9.19. The van der Waals surface area contributed by atoms with Crippen molar-refractivity contribution in [2.75, 3.05) is 23.7 Å². The highest BCUT2D eigenvalue weighted by molar-refractivity contribution is 5.70. The van der Waals surface area contributed by atoms with Gasteiger partial charge in [0.1, 0.15) is 11.6 Å². The average molecular weight is 504 g/mol. The van der Waals surface area contributed by atoms with E-state index in [1.54, 1.807) is 0 Å². The molecule has 2 heterocycles. The van der Waals surface area contributed by atoms with Crippen LogP contribution in [0.3, 0.4) is 0 Å². The van der Waals surface area contributed by atoms with Crippen molar-refractivity contribution < 1.29 is 19.8 Å². The van der Waals surface area contributed by atoms with Crippen molar-refractivity contribution in [3.8, 4) is 0 Å². The van der Waals surface area contributed by atoms with E-state index in [1.807, 2.05) is 64.1 Å². The van der Waals surface area contributed by atoms with Gasteiger partial charge < -0.3 is 30.4 Å². The first-order valence-corrected chi connectivity index (χ1v) is 12.1. The molecule has 0 atom stereocenters. The zero-order chi connectivity index (χ0) is 27.1. The van der Waals surface area contributed by atoms with E-state index in [2.05, 4.69) is 27.5 Å². The molecule has 0 amide bonds. The Hall–Kier alpha value is -3.98. The molecule has 3 rings (SSSR count). The Labute approximate surface area is 217 Å². The Morgan fingerprint density at radius 1 is 0.703 bits per heavy atom. The van der Waals surface area contributed by atoms with Gasteiger partial charge >= 0.3 is 0 Å². The summed E-state index contributed by atoms with van der Waals surface area (Å²) in [7, 11) is 0. The van der Waals surface area contributed by atoms with Crippen molar-refractivity contribution in [2.45, 2.75) is 54.3 Å². The molecule has 196 valence electrons. The maximum absolute atomic E-state index is 11.3. The number of nitrogens with zero attached hydrogens (tertiary/aromatic N) is 3. The lowest BCUT2D eigenvalue weighted by molar-refractivity contribution is -0.310. The van der Waals surface area contributed by atoms with Crippen LogP contribution in [0.25, 0.3) is 0 Å². The first-order chi connectivity index (χ1) is 17.5. The predicted octanol–water partition coefficient (Wildman–Crippen LogP) is 1.54. The minimum absolute atomic E-state index is 0.130. The number of pyridine rings is 2. The maximum atomic E-state index is 11.3. The Bertz CT molecular complexity index is 1200. The zero-order valence-corrected chi connectivity index (χ0v) is 22.0. The molecular formula is C28H33N5O4-2. The lowest BCUT2D eigenvalue weighted by Crippen LogP contribution is -2.44. The lowest BCUT2D eigenvalue weighted by Gasteiger charge is -2.28. The molecule has 0 aliphatic carbocycles. The SMILES string of the molecule is Cc1cccc(NCc2c(C)c(CNc3cccc(C)n3)c(C)c(CN(CC(=O)[O-])CC(=O)[O-])c2C)n1. The van der Waals surface area contributed by atoms with Crippen LogP contribution >= 0.6 is 0 Å². The monoisotopic (exact) mass is 503 g/mol. The molecule has 0 fully saturated rings. The first-order valence-electron chi connectivity index (χ1n) is 12.1.